The van der Waals surface area contributed by atoms with Crippen LogP contribution in [-0.2, 0) is 6.54 Å². The highest BCUT2D eigenvalue weighted by Crippen LogP contribution is 2.15. The highest BCUT2D eigenvalue weighted by molar-refractivity contribution is 14.0. The van der Waals surface area contributed by atoms with Gasteiger partial charge in [-0.15, -0.1) is 35.3 Å². The Balaban J connectivity index is 0.00000289. The Morgan fingerprint density at radius 1 is 1.39 bits per heavy atom. The van der Waals surface area contributed by atoms with Gasteiger partial charge in [-0.2, -0.15) is 11.8 Å². The van der Waals surface area contributed by atoms with Gasteiger partial charge in [-0.1, -0.05) is 0 Å². The topological polar surface area (TPSA) is 49.3 Å². The van der Waals surface area contributed by atoms with Gasteiger partial charge in [-0.25, -0.2) is 4.98 Å². The Morgan fingerprint density at radius 2 is 2.11 bits per heavy atom. The van der Waals surface area contributed by atoms with Crippen molar-refractivity contribution in [3.8, 4) is 0 Å². The molecule has 1 aromatic heterocycles. The minimum Gasteiger partial charge on any atom is -0.356 e. The smallest absolute Gasteiger partial charge is 0.191 e. The number of thiazole rings is 1. The molecule has 1 heterocycles. The van der Waals surface area contributed by atoms with E-state index < -0.39 is 0 Å². The van der Waals surface area contributed by atoms with Gasteiger partial charge >= 0.3 is 0 Å². The summed E-state index contributed by atoms with van der Waals surface area (Å²) in [7, 11) is 1.78. The maximum atomic E-state index is 4.48. The number of aryl methyl sites for hydroxylation is 2. The van der Waals surface area contributed by atoms with Crippen LogP contribution in [0.3, 0.4) is 0 Å². The first-order valence-electron chi connectivity index (χ1n) is 5.53. The van der Waals surface area contributed by atoms with Gasteiger partial charge in [0.15, 0.2) is 5.96 Å². The van der Waals surface area contributed by atoms with Gasteiger partial charge in [0.2, 0.25) is 0 Å². The summed E-state index contributed by atoms with van der Waals surface area (Å²) in [6.07, 6.45) is 2.10. The van der Waals surface area contributed by atoms with E-state index in [2.05, 4.69) is 33.8 Å². The Kier molecular flexibility index (Phi) is 9.84. The van der Waals surface area contributed by atoms with Crippen LogP contribution in [-0.4, -0.2) is 36.5 Å². The second-order valence-corrected chi connectivity index (χ2v) is 5.87. The summed E-state index contributed by atoms with van der Waals surface area (Å²) >= 11 is 3.55. The first kappa shape index (κ1) is 18.0. The number of rotatable bonds is 5. The van der Waals surface area contributed by atoms with E-state index in [1.807, 2.05) is 18.7 Å². The summed E-state index contributed by atoms with van der Waals surface area (Å²) < 4.78 is 0. The molecule has 4 nitrogen and oxygen atoms in total. The molecule has 0 aliphatic carbocycles. The predicted molar refractivity (Wildman–Crippen MR) is 93.6 cm³/mol. The fourth-order valence-electron chi connectivity index (χ4n) is 1.27. The molecule has 0 aliphatic rings. The Labute approximate surface area is 134 Å². The van der Waals surface area contributed by atoms with Crippen LogP contribution in [0.15, 0.2) is 4.99 Å². The van der Waals surface area contributed by atoms with Crippen molar-refractivity contribution in [2.75, 3.05) is 25.6 Å². The molecule has 0 atom stereocenters. The molecule has 0 bridgehead atoms. The molecule has 0 radical (unpaired) electrons. The fraction of sp³-hybridized carbons (Fsp3) is 0.636. The van der Waals surface area contributed by atoms with Crippen molar-refractivity contribution >= 4 is 53.0 Å². The van der Waals surface area contributed by atoms with E-state index in [0.29, 0.717) is 0 Å². The molecule has 2 N–H and O–H groups in total. The third-order valence-corrected chi connectivity index (χ3v) is 3.99. The molecule has 104 valence electrons. The molecule has 0 saturated heterocycles. The van der Waals surface area contributed by atoms with Crippen LogP contribution in [0, 0.1) is 13.8 Å². The molecule has 0 amide bonds. The zero-order valence-corrected chi connectivity index (χ0v) is 15.2. The first-order valence-corrected chi connectivity index (χ1v) is 7.74. The van der Waals surface area contributed by atoms with Crippen LogP contribution in [0.4, 0.5) is 0 Å². The van der Waals surface area contributed by atoms with E-state index in [1.165, 1.54) is 4.88 Å². The summed E-state index contributed by atoms with van der Waals surface area (Å²) in [5.74, 6) is 1.92. The van der Waals surface area contributed by atoms with Crippen LogP contribution < -0.4 is 10.6 Å². The number of thioether (sulfide) groups is 1. The van der Waals surface area contributed by atoms with Crippen molar-refractivity contribution in [1.29, 1.82) is 0 Å². The lowest BCUT2D eigenvalue weighted by Gasteiger charge is -2.09. The van der Waals surface area contributed by atoms with Crippen LogP contribution >= 0.6 is 47.1 Å². The quantitative estimate of drug-likeness (QED) is 0.345. The normalized spacial score (nSPS) is 11.0. The van der Waals surface area contributed by atoms with Crippen LogP contribution in [0.25, 0.3) is 0 Å². The van der Waals surface area contributed by atoms with Crippen LogP contribution in [0.2, 0.25) is 0 Å². The van der Waals surface area contributed by atoms with E-state index >= 15 is 0 Å². The number of guanidine groups is 1. The summed E-state index contributed by atoms with van der Waals surface area (Å²) in [4.78, 5) is 9.93. The average Bonchev–Trinajstić information content (AvgIpc) is 2.63. The van der Waals surface area contributed by atoms with Crippen molar-refractivity contribution in [2.45, 2.75) is 20.4 Å². The van der Waals surface area contributed by atoms with Crippen molar-refractivity contribution in [3.63, 3.8) is 0 Å². The monoisotopic (exact) mass is 400 g/mol. The zero-order chi connectivity index (χ0) is 12.7. The zero-order valence-electron chi connectivity index (χ0n) is 11.2. The molecule has 0 aromatic carbocycles. The van der Waals surface area contributed by atoms with Crippen molar-refractivity contribution in [2.24, 2.45) is 4.99 Å². The molecule has 1 rings (SSSR count). The molecule has 18 heavy (non-hydrogen) atoms. The standard InChI is InChI=1S/C11H20N4S2.HI/c1-8-9(2)17-10(15-8)7-14-11(12-3)13-5-6-16-4;/h5-7H2,1-4H3,(H2,12,13,14);1H. The van der Waals surface area contributed by atoms with Crippen LogP contribution in [0.5, 0.6) is 0 Å². The van der Waals surface area contributed by atoms with E-state index in [4.69, 9.17) is 0 Å². The van der Waals surface area contributed by atoms with E-state index in [1.54, 1.807) is 18.4 Å². The minimum atomic E-state index is 0. The fourth-order valence-corrected chi connectivity index (χ4v) is 2.45. The molecule has 0 saturated carbocycles. The molecule has 0 fully saturated rings. The summed E-state index contributed by atoms with van der Waals surface area (Å²) in [6.45, 7) is 5.80. The second kappa shape index (κ2) is 9.85. The number of halogens is 1. The van der Waals surface area contributed by atoms with Gasteiger partial charge < -0.3 is 10.6 Å². The lowest BCUT2D eigenvalue weighted by Crippen LogP contribution is -2.37. The summed E-state index contributed by atoms with van der Waals surface area (Å²) in [6, 6.07) is 0. The Hall–Kier alpha value is -0.0200. The first-order chi connectivity index (χ1) is 8.17. The number of nitrogens with one attached hydrogen (secondary N) is 2. The summed E-state index contributed by atoms with van der Waals surface area (Å²) in [5, 5.41) is 7.62. The van der Waals surface area contributed by atoms with Crippen molar-refractivity contribution < 1.29 is 0 Å². The number of aromatic nitrogens is 1. The summed E-state index contributed by atoms with van der Waals surface area (Å²) in [5.41, 5.74) is 1.12. The third-order valence-electron chi connectivity index (χ3n) is 2.30. The predicted octanol–water partition coefficient (Wildman–Crippen LogP) is 2.41. The van der Waals surface area contributed by atoms with Gasteiger partial charge in [-0.05, 0) is 20.1 Å². The molecule has 0 aliphatic heterocycles. The number of aliphatic imine (C=N–C) groups is 1. The van der Waals surface area contributed by atoms with Crippen molar-refractivity contribution in [1.82, 2.24) is 15.6 Å². The molecule has 0 unspecified atom stereocenters. The molecule has 1 aromatic rings. The average molecular weight is 400 g/mol. The Bertz CT molecular complexity index is 360. The number of hydrogen-bond acceptors (Lipinski definition) is 4. The van der Waals surface area contributed by atoms with Gasteiger partial charge in [0, 0.05) is 24.2 Å². The molecule has 7 heteroatoms. The van der Waals surface area contributed by atoms with E-state index in [0.717, 1.165) is 35.5 Å². The third kappa shape index (κ3) is 6.24. The van der Waals surface area contributed by atoms with Crippen LogP contribution in [0.1, 0.15) is 15.6 Å². The maximum Gasteiger partial charge on any atom is 0.191 e. The van der Waals surface area contributed by atoms with Gasteiger partial charge in [0.1, 0.15) is 5.01 Å². The Morgan fingerprint density at radius 3 is 2.61 bits per heavy atom. The lowest BCUT2D eigenvalue weighted by atomic mass is 10.4. The highest BCUT2D eigenvalue weighted by Gasteiger charge is 2.04. The second-order valence-electron chi connectivity index (χ2n) is 3.59. The van der Waals surface area contributed by atoms with Gasteiger partial charge in [-0.3, -0.25) is 4.99 Å². The minimum absolute atomic E-state index is 0. The van der Waals surface area contributed by atoms with E-state index in [9.17, 15) is 0 Å². The number of nitrogens with zero attached hydrogens (tertiary/aromatic N) is 2. The molecular formula is C11H21IN4S2. The molecular weight excluding hydrogens is 379 g/mol. The molecule has 0 spiro atoms. The maximum absolute atomic E-state index is 4.48. The van der Waals surface area contributed by atoms with Gasteiger partial charge in [0.05, 0.1) is 12.2 Å². The highest BCUT2D eigenvalue weighted by atomic mass is 127. The lowest BCUT2D eigenvalue weighted by molar-refractivity contribution is 0.825. The van der Waals surface area contributed by atoms with Gasteiger partial charge in [0.25, 0.3) is 0 Å². The number of hydrogen-bond donors (Lipinski definition) is 2. The largest absolute Gasteiger partial charge is 0.356 e. The van der Waals surface area contributed by atoms with E-state index in [-0.39, 0.29) is 24.0 Å². The SMILES string of the molecule is CN=C(NCCSC)NCc1nc(C)c(C)s1.I. The van der Waals surface area contributed by atoms with Crippen molar-refractivity contribution in [3.05, 3.63) is 15.6 Å².